The van der Waals surface area contributed by atoms with Gasteiger partial charge in [-0.1, -0.05) is 11.6 Å². The van der Waals surface area contributed by atoms with Crippen molar-refractivity contribution in [3.05, 3.63) is 10.9 Å². The number of rotatable bonds is 1. The molecule has 0 aromatic carbocycles. The first-order valence-electron chi connectivity index (χ1n) is 0.954. The van der Waals surface area contributed by atoms with E-state index >= 15 is 0 Å². The third-order valence-corrected chi connectivity index (χ3v) is 0.630. The predicted octanol–water partition coefficient (Wildman–Crippen LogP) is 1.12. The molecule has 0 aromatic rings. The third kappa shape index (κ3) is 4.05. The first-order chi connectivity index (χ1) is 2.41. The number of hydrogen-bond acceptors (Lipinski definition) is 1. The molecule has 0 unspecified atom stereocenters. The summed E-state index contributed by atoms with van der Waals surface area (Å²) in [5, 5.41) is 1.25. The van der Waals surface area contributed by atoms with E-state index in [1.807, 2.05) is 0 Å². The first-order valence-corrected chi connectivity index (χ1v) is 2.20. The van der Waals surface area contributed by atoms with Gasteiger partial charge in [-0.15, -0.1) is 0 Å². The summed E-state index contributed by atoms with van der Waals surface area (Å²) in [6.45, 7) is 0. The fraction of sp³-hybridized carbons (Fsp3) is 0. The summed E-state index contributed by atoms with van der Waals surface area (Å²) in [4.78, 5) is 0. The minimum absolute atomic E-state index is 0.339. The van der Waals surface area contributed by atoms with Crippen molar-refractivity contribution in [2.45, 2.75) is 0 Å². The molecule has 1 nitrogen and oxygen atoms in total. The zero-order chi connectivity index (χ0) is 4.12. The summed E-state index contributed by atoms with van der Waals surface area (Å²) >= 11 is 5.24. The molecule has 0 amide bonds. The van der Waals surface area contributed by atoms with Gasteiger partial charge in [0.25, 0.3) is 5.41 Å². The maximum Gasteiger partial charge on any atom is 0.497 e. The van der Waals surface area contributed by atoms with Gasteiger partial charge in [-0.05, 0) is 0 Å². The van der Waals surface area contributed by atoms with Crippen LogP contribution in [-0.4, -0.2) is 0 Å². The Hall–Kier alpha value is 0.0500. The largest absolute Gasteiger partial charge is 0.497 e. The number of halogens is 1. The average Bonchev–Trinajstić information content (AvgIpc) is 1.41. The molecule has 0 spiro atoms. The summed E-state index contributed by atoms with van der Waals surface area (Å²) in [6.07, 6.45) is 0. The normalized spacial score (nSPS) is 9.00. The second-order valence-corrected chi connectivity index (χ2v) is 1.07. The summed E-state index contributed by atoms with van der Waals surface area (Å²) in [5.41, 5.74) is 1.18. The highest BCUT2D eigenvalue weighted by atomic mass is 35.5. The number of hydrogen-bond donors (Lipinski definition) is 0. The molecule has 0 saturated carbocycles. The zero-order valence-corrected chi connectivity index (χ0v) is 3.92. The van der Waals surface area contributed by atoms with Crippen molar-refractivity contribution in [3.63, 3.8) is 0 Å². The van der Waals surface area contributed by atoms with E-state index in [1.165, 1.54) is 10.9 Å². The van der Waals surface area contributed by atoms with E-state index < -0.39 is 0 Å². The monoisotopic (exact) mass is 109 g/mol. The minimum atomic E-state index is 0.339. The highest BCUT2D eigenvalue weighted by molar-refractivity contribution is 7.68. The van der Waals surface area contributed by atoms with E-state index in [9.17, 15) is 4.21 Å². The van der Waals surface area contributed by atoms with Gasteiger partial charge in [0, 0.05) is 4.21 Å². The first kappa shape index (κ1) is 5.05. The molecule has 0 aliphatic heterocycles. The van der Waals surface area contributed by atoms with Gasteiger partial charge in [0.1, 0.15) is 0 Å². The highest BCUT2D eigenvalue weighted by Gasteiger charge is 1.75. The van der Waals surface area contributed by atoms with Crippen LogP contribution < -0.4 is 0 Å². The van der Waals surface area contributed by atoms with Gasteiger partial charge < -0.3 is 0 Å². The Balaban J connectivity index is 2.92. The fourth-order valence-electron chi connectivity index (χ4n) is 0.0210. The quantitative estimate of drug-likeness (QED) is 0.462. The lowest BCUT2D eigenvalue weighted by atomic mass is 11.3. The molecular weight excluding hydrogens is 108 g/mol. The lowest BCUT2D eigenvalue weighted by Gasteiger charge is -1.31. The van der Waals surface area contributed by atoms with E-state index in [2.05, 4.69) is 0 Å². The molecule has 0 N–H and O–H groups in total. The van der Waals surface area contributed by atoms with Gasteiger partial charge in [-0.25, -0.2) is 0 Å². The van der Waals surface area contributed by atoms with Gasteiger partial charge in [0.05, 0.1) is 5.54 Å². The molecule has 0 heterocycles. The van der Waals surface area contributed by atoms with E-state index in [4.69, 9.17) is 11.6 Å². The van der Waals surface area contributed by atoms with Gasteiger partial charge in [0.2, 0.25) is 0 Å². The lowest BCUT2D eigenvalue weighted by Crippen LogP contribution is -1.37. The van der Waals surface area contributed by atoms with Crippen LogP contribution in [0.2, 0.25) is 0 Å². The molecule has 0 aliphatic carbocycles. The zero-order valence-electron chi connectivity index (χ0n) is 2.35. The highest BCUT2D eigenvalue weighted by Crippen LogP contribution is 1.71. The van der Waals surface area contributed by atoms with E-state index in [0.717, 1.165) is 0 Å². The molecular formula is C2H2ClOS+. The SMILES string of the molecule is O=[S+]C=CCl. The molecule has 28 valence electrons. The van der Waals surface area contributed by atoms with Crippen molar-refractivity contribution in [3.8, 4) is 0 Å². The molecule has 0 rings (SSSR count). The molecule has 0 radical (unpaired) electrons. The van der Waals surface area contributed by atoms with Gasteiger partial charge in [0.15, 0.2) is 0 Å². The Bertz CT molecular complexity index is 51.6. The molecule has 5 heavy (non-hydrogen) atoms. The van der Waals surface area contributed by atoms with Crippen molar-refractivity contribution in [2.75, 3.05) is 0 Å². The van der Waals surface area contributed by atoms with Gasteiger partial charge in [-0.2, -0.15) is 0 Å². The standard InChI is InChI=1S/C2H2ClOS/c3-1-2-5-4/h1-2H/q+1. The Morgan fingerprint density at radius 1 is 1.80 bits per heavy atom. The van der Waals surface area contributed by atoms with Crippen LogP contribution in [-0.2, 0) is 15.9 Å². The van der Waals surface area contributed by atoms with Crippen molar-refractivity contribution >= 4 is 23.3 Å². The van der Waals surface area contributed by atoms with Crippen LogP contribution in [0.4, 0.5) is 0 Å². The van der Waals surface area contributed by atoms with Crippen LogP contribution in [0.25, 0.3) is 0 Å². The maximum absolute atomic E-state index is 9.28. The Morgan fingerprint density at radius 3 is 2.40 bits per heavy atom. The molecule has 0 fully saturated rings. The van der Waals surface area contributed by atoms with Crippen LogP contribution in [0.3, 0.4) is 0 Å². The Kier molecular flexibility index (Phi) is 4.09. The van der Waals surface area contributed by atoms with Crippen molar-refractivity contribution in [1.82, 2.24) is 0 Å². The molecule has 0 aliphatic rings. The molecule has 0 aromatic heterocycles. The van der Waals surface area contributed by atoms with Crippen LogP contribution in [0.5, 0.6) is 0 Å². The molecule has 0 atom stereocenters. The molecule has 3 heteroatoms. The second-order valence-electron chi connectivity index (χ2n) is 0.358. The minimum Gasteiger partial charge on any atom is -0.0874 e. The van der Waals surface area contributed by atoms with Crippen LogP contribution in [0.15, 0.2) is 10.9 Å². The lowest BCUT2D eigenvalue weighted by molar-refractivity contribution is 0.608. The smallest absolute Gasteiger partial charge is 0.0874 e. The second kappa shape index (κ2) is 4.05. The predicted molar refractivity (Wildman–Crippen MR) is 23.0 cm³/mol. The van der Waals surface area contributed by atoms with E-state index in [-0.39, 0.29) is 0 Å². The molecule has 0 bridgehead atoms. The summed E-state index contributed by atoms with van der Waals surface area (Å²) in [5.74, 6) is 0. The summed E-state index contributed by atoms with van der Waals surface area (Å²) in [6, 6.07) is 0. The van der Waals surface area contributed by atoms with Gasteiger partial charge in [-0.3, -0.25) is 0 Å². The Morgan fingerprint density at radius 2 is 2.40 bits per heavy atom. The summed E-state index contributed by atoms with van der Waals surface area (Å²) < 4.78 is 9.28. The average molecular weight is 110 g/mol. The van der Waals surface area contributed by atoms with Crippen molar-refractivity contribution in [2.24, 2.45) is 0 Å². The van der Waals surface area contributed by atoms with Crippen molar-refractivity contribution < 1.29 is 4.21 Å². The van der Waals surface area contributed by atoms with Gasteiger partial charge >= 0.3 is 11.7 Å². The van der Waals surface area contributed by atoms with Crippen molar-refractivity contribution in [1.29, 1.82) is 0 Å². The summed E-state index contributed by atoms with van der Waals surface area (Å²) in [7, 11) is 0. The van der Waals surface area contributed by atoms with E-state index in [0.29, 0.717) is 11.7 Å². The maximum atomic E-state index is 9.28. The third-order valence-electron chi connectivity index (χ3n) is 0.107. The Labute approximate surface area is 39.1 Å². The van der Waals surface area contributed by atoms with Crippen LogP contribution in [0.1, 0.15) is 0 Å². The van der Waals surface area contributed by atoms with Crippen LogP contribution in [0, 0.1) is 0 Å². The van der Waals surface area contributed by atoms with Crippen LogP contribution >= 0.6 is 11.6 Å². The molecule has 0 saturated heterocycles. The fourth-order valence-corrected chi connectivity index (χ4v) is 0.189. The topological polar surface area (TPSA) is 17.1 Å². The van der Waals surface area contributed by atoms with E-state index in [1.54, 1.807) is 0 Å².